The molecule has 0 rings (SSSR count). The Morgan fingerprint density at radius 1 is 0.677 bits per heavy atom. The number of hydrogen-bond acceptors (Lipinski definition) is 3. The average molecular weight is 441 g/mol. The SMILES string of the molecule is CCCCCCCCCCCCCCCCCC(=O)NC(CC)(C(=O)O)N(CC)CC. The third kappa shape index (κ3) is 13.1. The van der Waals surface area contributed by atoms with Crippen molar-refractivity contribution in [2.45, 2.75) is 143 Å². The minimum absolute atomic E-state index is 0.147. The molecule has 5 heteroatoms. The molecule has 0 saturated heterocycles. The summed E-state index contributed by atoms with van der Waals surface area (Å²) in [6, 6.07) is 0. The summed E-state index contributed by atoms with van der Waals surface area (Å²) in [4.78, 5) is 26.1. The number of aliphatic carboxylic acids is 1. The quantitative estimate of drug-likeness (QED) is 0.142. The standard InChI is InChI=1S/C26H52N2O3/c1-5-9-10-11-12-13-14-15-16-17-18-19-20-21-22-23-24(29)27-26(6-2,25(30)31)28(7-3)8-4/h5-23H2,1-4H3,(H,27,29)(H,30,31). The second kappa shape index (κ2) is 19.6. The number of nitrogens with one attached hydrogen (secondary N) is 1. The number of carbonyl (C=O) groups excluding carboxylic acids is 1. The van der Waals surface area contributed by atoms with Crippen LogP contribution in [-0.4, -0.2) is 40.6 Å². The molecule has 0 heterocycles. The molecule has 0 radical (unpaired) electrons. The fourth-order valence-electron chi connectivity index (χ4n) is 4.44. The lowest BCUT2D eigenvalue weighted by molar-refractivity contribution is -0.158. The Labute approximate surface area is 192 Å². The van der Waals surface area contributed by atoms with Gasteiger partial charge in [0.05, 0.1) is 0 Å². The van der Waals surface area contributed by atoms with Gasteiger partial charge >= 0.3 is 5.97 Å². The van der Waals surface area contributed by atoms with Crippen molar-refractivity contribution in [2.24, 2.45) is 0 Å². The maximum Gasteiger partial charge on any atom is 0.344 e. The van der Waals surface area contributed by atoms with Gasteiger partial charge in [0.15, 0.2) is 5.66 Å². The molecule has 0 aromatic heterocycles. The van der Waals surface area contributed by atoms with Gasteiger partial charge < -0.3 is 10.4 Å². The van der Waals surface area contributed by atoms with Gasteiger partial charge in [-0.15, -0.1) is 0 Å². The fourth-order valence-corrected chi connectivity index (χ4v) is 4.44. The largest absolute Gasteiger partial charge is 0.478 e. The Morgan fingerprint density at radius 2 is 1.06 bits per heavy atom. The molecular weight excluding hydrogens is 388 g/mol. The fraction of sp³-hybridized carbons (Fsp3) is 0.923. The Balaban J connectivity index is 3.78. The Morgan fingerprint density at radius 3 is 1.39 bits per heavy atom. The van der Waals surface area contributed by atoms with Crippen LogP contribution in [0.25, 0.3) is 0 Å². The Hall–Kier alpha value is -1.10. The predicted octanol–water partition coefficient (Wildman–Crippen LogP) is 6.90. The van der Waals surface area contributed by atoms with Crippen LogP contribution in [-0.2, 0) is 9.59 Å². The lowest BCUT2D eigenvalue weighted by Gasteiger charge is -2.39. The molecule has 0 spiro atoms. The van der Waals surface area contributed by atoms with Gasteiger partial charge in [-0.05, 0) is 25.9 Å². The van der Waals surface area contributed by atoms with E-state index in [2.05, 4.69) is 12.2 Å². The number of likely N-dealkylation sites (N-methyl/N-ethyl adjacent to an activating group) is 1. The van der Waals surface area contributed by atoms with Gasteiger partial charge in [-0.25, -0.2) is 4.79 Å². The highest BCUT2D eigenvalue weighted by atomic mass is 16.4. The van der Waals surface area contributed by atoms with Crippen LogP contribution in [0.1, 0.15) is 137 Å². The van der Waals surface area contributed by atoms with Gasteiger partial charge in [0.1, 0.15) is 0 Å². The van der Waals surface area contributed by atoms with Crippen LogP contribution in [0.4, 0.5) is 0 Å². The first-order valence-corrected chi connectivity index (χ1v) is 13.3. The highest BCUT2D eigenvalue weighted by molar-refractivity contribution is 5.86. The van der Waals surface area contributed by atoms with E-state index in [1.54, 1.807) is 0 Å². The maximum absolute atomic E-state index is 12.4. The van der Waals surface area contributed by atoms with Crippen molar-refractivity contribution in [3.8, 4) is 0 Å². The molecule has 5 nitrogen and oxygen atoms in total. The topological polar surface area (TPSA) is 69.6 Å². The summed E-state index contributed by atoms with van der Waals surface area (Å²) in [5, 5.41) is 12.6. The first kappa shape index (κ1) is 29.9. The van der Waals surface area contributed by atoms with Gasteiger partial charge in [0.25, 0.3) is 0 Å². The molecule has 0 aliphatic rings. The summed E-state index contributed by atoms with van der Waals surface area (Å²) in [5.74, 6) is -1.12. The summed E-state index contributed by atoms with van der Waals surface area (Å²) in [5.41, 5.74) is -1.28. The number of hydrogen-bond donors (Lipinski definition) is 2. The second-order valence-electron chi connectivity index (χ2n) is 8.94. The number of unbranched alkanes of at least 4 members (excludes halogenated alkanes) is 14. The summed E-state index contributed by atoms with van der Waals surface area (Å²) >= 11 is 0. The molecule has 0 aromatic rings. The van der Waals surface area contributed by atoms with Gasteiger partial charge in [0, 0.05) is 6.42 Å². The summed E-state index contributed by atoms with van der Waals surface area (Å²) in [6.07, 6.45) is 20.2. The smallest absolute Gasteiger partial charge is 0.344 e. The van der Waals surface area contributed by atoms with E-state index in [1.807, 2.05) is 25.7 Å². The van der Waals surface area contributed by atoms with Crippen LogP contribution in [0.2, 0.25) is 0 Å². The van der Waals surface area contributed by atoms with Crippen molar-refractivity contribution < 1.29 is 14.7 Å². The molecule has 1 atom stereocenters. The zero-order chi connectivity index (χ0) is 23.4. The van der Waals surface area contributed by atoms with E-state index >= 15 is 0 Å². The lowest BCUT2D eigenvalue weighted by Crippen LogP contribution is -2.65. The van der Waals surface area contributed by atoms with E-state index < -0.39 is 11.6 Å². The summed E-state index contributed by atoms with van der Waals surface area (Å²) < 4.78 is 0. The minimum atomic E-state index is -1.28. The van der Waals surface area contributed by atoms with Crippen molar-refractivity contribution >= 4 is 11.9 Å². The van der Waals surface area contributed by atoms with Crippen LogP contribution in [0, 0.1) is 0 Å². The number of nitrogens with zero attached hydrogens (tertiary/aromatic N) is 1. The zero-order valence-electron chi connectivity index (χ0n) is 21.1. The predicted molar refractivity (Wildman–Crippen MR) is 131 cm³/mol. The number of carbonyl (C=O) groups is 2. The van der Waals surface area contributed by atoms with Crippen molar-refractivity contribution in [1.29, 1.82) is 0 Å². The van der Waals surface area contributed by atoms with E-state index in [0.29, 0.717) is 25.9 Å². The molecular formula is C26H52N2O3. The third-order valence-electron chi connectivity index (χ3n) is 6.52. The molecule has 0 aromatic carbocycles. The molecule has 0 saturated carbocycles. The van der Waals surface area contributed by atoms with Crippen molar-refractivity contribution in [3.05, 3.63) is 0 Å². The van der Waals surface area contributed by atoms with E-state index in [9.17, 15) is 14.7 Å². The van der Waals surface area contributed by atoms with Crippen LogP contribution < -0.4 is 5.32 Å². The molecule has 2 N–H and O–H groups in total. The van der Waals surface area contributed by atoms with E-state index in [1.165, 1.54) is 83.5 Å². The number of amides is 1. The van der Waals surface area contributed by atoms with Crippen molar-refractivity contribution in [1.82, 2.24) is 10.2 Å². The average Bonchev–Trinajstić information content (AvgIpc) is 2.76. The normalized spacial score (nSPS) is 13.3. The first-order chi connectivity index (χ1) is 15.0. The monoisotopic (exact) mass is 440 g/mol. The molecule has 31 heavy (non-hydrogen) atoms. The Bertz CT molecular complexity index is 452. The number of rotatable bonds is 22. The van der Waals surface area contributed by atoms with Crippen LogP contribution >= 0.6 is 0 Å². The zero-order valence-corrected chi connectivity index (χ0v) is 21.1. The van der Waals surface area contributed by atoms with E-state index in [4.69, 9.17) is 0 Å². The minimum Gasteiger partial charge on any atom is -0.478 e. The molecule has 0 fully saturated rings. The third-order valence-corrected chi connectivity index (χ3v) is 6.52. The van der Waals surface area contributed by atoms with Gasteiger partial charge in [-0.2, -0.15) is 0 Å². The van der Waals surface area contributed by atoms with Gasteiger partial charge in [-0.3, -0.25) is 9.69 Å². The summed E-state index contributed by atoms with van der Waals surface area (Å²) in [6.45, 7) is 9.13. The first-order valence-electron chi connectivity index (χ1n) is 13.3. The van der Waals surface area contributed by atoms with Crippen LogP contribution in [0.5, 0.6) is 0 Å². The molecule has 1 unspecified atom stereocenters. The van der Waals surface area contributed by atoms with E-state index in [-0.39, 0.29) is 5.91 Å². The Kier molecular flexibility index (Phi) is 18.9. The van der Waals surface area contributed by atoms with Crippen molar-refractivity contribution in [2.75, 3.05) is 13.1 Å². The molecule has 0 bridgehead atoms. The highest BCUT2D eigenvalue weighted by Gasteiger charge is 2.42. The molecule has 0 aliphatic heterocycles. The second-order valence-corrected chi connectivity index (χ2v) is 8.94. The van der Waals surface area contributed by atoms with Crippen LogP contribution in [0.15, 0.2) is 0 Å². The number of carboxylic acids is 1. The lowest BCUT2D eigenvalue weighted by atomic mass is 10.0. The van der Waals surface area contributed by atoms with Crippen LogP contribution in [0.3, 0.4) is 0 Å². The summed E-state index contributed by atoms with van der Waals surface area (Å²) in [7, 11) is 0. The maximum atomic E-state index is 12.4. The molecule has 184 valence electrons. The van der Waals surface area contributed by atoms with Gasteiger partial charge in [0.2, 0.25) is 5.91 Å². The molecule has 1 amide bonds. The van der Waals surface area contributed by atoms with Gasteiger partial charge in [-0.1, -0.05) is 118 Å². The highest BCUT2D eigenvalue weighted by Crippen LogP contribution is 2.18. The number of carboxylic acid groups (broad SMARTS) is 1. The molecule has 0 aliphatic carbocycles. The van der Waals surface area contributed by atoms with Crippen molar-refractivity contribution in [3.63, 3.8) is 0 Å². The van der Waals surface area contributed by atoms with E-state index in [0.717, 1.165) is 12.8 Å².